The van der Waals surface area contributed by atoms with E-state index in [9.17, 15) is 9.59 Å². The van der Waals surface area contributed by atoms with E-state index in [0.29, 0.717) is 30.5 Å². The molecule has 3 fully saturated rings. The Morgan fingerprint density at radius 3 is 2.70 bits per heavy atom. The number of benzene rings is 1. The molecule has 1 aliphatic heterocycles. The fourth-order valence-corrected chi connectivity index (χ4v) is 5.07. The average molecular weight is 408 g/mol. The van der Waals surface area contributed by atoms with Crippen LogP contribution in [-0.4, -0.2) is 41.5 Å². The molecule has 158 valence electrons. The first-order chi connectivity index (χ1) is 14.4. The summed E-state index contributed by atoms with van der Waals surface area (Å²) in [6, 6.07) is 7.84. The molecule has 6 nitrogen and oxygen atoms in total. The van der Waals surface area contributed by atoms with Gasteiger partial charge in [-0.15, -0.1) is 0 Å². The van der Waals surface area contributed by atoms with Crippen LogP contribution >= 0.6 is 0 Å². The van der Waals surface area contributed by atoms with Gasteiger partial charge in [-0.25, -0.2) is 0 Å². The molecule has 0 radical (unpaired) electrons. The van der Waals surface area contributed by atoms with Crippen molar-refractivity contribution in [1.82, 2.24) is 15.4 Å². The Balaban J connectivity index is 1.31. The van der Waals surface area contributed by atoms with Gasteiger partial charge < -0.3 is 14.7 Å². The van der Waals surface area contributed by atoms with Crippen LogP contribution in [-0.2, 0) is 4.79 Å². The van der Waals surface area contributed by atoms with Gasteiger partial charge in [0.05, 0.1) is 5.92 Å². The number of likely N-dealkylation sites (tertiary alicyclic amines) is 1. The number of amides is 2. The second-order valence-electron chi connectivity index (χ2n) is 9.54. The Morgan fingerprint density at radius 1 is 1.23 bits per heavy atom. The molecule has 2 aromatic rings. The molecular weight excluding hydrogens is 378 g/mol. The molecule has 5 rings (SSSR count). The third-order valence-electron chi connectivity index (χ3n) is 7.24. The first-order valence-electron chi connectivity index (χ1n) is 11.1. The monoisotopic (exact) mass is 407 g/mol. The number of nitrogens with one attached hydrogen (secondary N) is 1. The minimum Gasteiger partial charge on any atom is -0.356 e. The number of carbonyl (C=O) groups excluding carboxylic acids is 2. The van der Waals surface area contributed by atoms with E-state index in [-0.39, 0.29) is 23.1 Å². The van der Waals surface area contributed by atoms with Gasteiger partial charge >= 0.3 is 0 Å². The van der Waals surface area contributed by atoms with Crippen molar-refractivity contribution < 1.29 is 14.1 Å². The minimum absolute atomic E-state index is 0.0522. The van der Waals surface area contributed by atoms with Crippen molar-refractivity contribution >= 4 is 11.8 Å². The van der Waals surface area contributed by atoms with Crippen molar-refractivity contribution in [3.63, 3.8) is 0 Å². The topological polar surface area (TPSA) is 75.4 Å². The highest BCUT2D eigenvalue weighted by atomic mass is 16.5. The summed E-state index contributed by atoms with van der Waals surface area (Å²) in [5, 5.41) is 7.20. The Morgan fingerprint density at radius 2 is 2.03 bits per heavy atom. The highest BCUT2D eigenvalue weighted by molar-refractivity contribution is 5.94. The Kier molecular flexibility index (Phi) is 4.68. The standard InChI is InChI=1S/C24H29N3O3/c1-15-4-7-18(16(2)10-15)21-11-20(26-30-21)23(29)27-13-19(24(14-27)8-3-9-24)22(28)25-12-17-5-6-17/h4,7,10-11,17,19H,3,5-6,8-9,12-14H2,1-2H3,(H,25,28). The van der Waals surface area contributed by atoms with Gasteiger partial charge in [0.25, 0.3) is 5.91 Å². The first kappa shape index (κ1) is 19.3. The molecule has 1 unspecified atom stereocenters. The highest BCUT2D eigenvalue weighted by Crippen LogP contribution is 2.52. The van der Waals surface area contributed by atoms with Gasteiger partial charge in [0, 0.05) is 36.7 Å². The number of hydrogen-bond acceptors (Lipinski definition) is 4. The maximum absolute atomic E-state index is 13.2. The van der Waals surface area contributed by atoms with E-state index in [1.807, 2.05) is 30.9 Å². The molecule has 2 heterocycles. The number of rotatable bonds is 5. The van der Waals surface area contributed by atoms with Crippen LogP contribution < -0.4 is 5.32 Å². The quantitative estimate of drug-likeness (QED) is 0.820. The largest absolute Gasteiger partial charge is 0.356 e. The van der Waals surface area contributed by atoms with E-state index < -0.39 is 0 Å². The maximum atomic E-state index is 13.2. The van der Waals surface area contributed by atoms with Gasteiger partial charge in [0.2, 0.25) is 5.91 Å². The first-order valence-corrected chi connectivity index (χ1v) is 11.1. The molecule has 1 N–H and O–H groups in total. The third-order valence-corrected chi connectivity index (χ3v) is 7.24. The fraction of sp³-hybridized carbons (Fsp3) is 0.542. The number of carbonyl (C=O) groups is 2. The van der Waals surface area contributed by atoms with E-state index in [0.717, 1.165) is 36.9 Å². The molecule has 1 aromatic heterocycles. The molecule has 2 aliphatic carbocycles. The molecule has 1 atom stereocenters. The van der Waals surface area contributed by atoms with Crippen LogP contribution in [0.4, 0.5) is 0 Å². The summed E-state index contributed by atoms with van der Waals surface area (Å²) >= 11 is 0. The molecule has 2 saturated carbocycles. The maximum Gasteiger partial charge on any atom is 0.276 e. The van der Waals surface area contributed by atoms with Crippen molar-refractivity contribution in [1.29, 1.82) is 0 Å². The molecule has 1 aromatic carbocycles. The van der Waals surface area contributed by atoms with Crippen LogP contribution in [0.1, 0.15) is 53.7 Å². The zero-order valence-electron chi connectivity index (χ0n) is 17.7. The van der Waals surface area contributed by atoms with Crippen LogP contribution in [0.5, 0.6) is 0 Å². The molecule has 3 aliphatic rings. The Bertz CT molecular complexity index is 987. The number of aryl methyl sites for hydroxylation is 2. The van der Waals surface area contributed by atoms with Crippen LogP contribution in [0.25, 0.3) is 11.3 Å². The molecule has 6 heteroatoms. The predicted octanol–water partition coefficient (Wildman–Crippen LogP) is 3.73. The normalized spacial score (nSPS) is 22.2. The minimum atomic E-state index is -0.140. The molecular formula is C24H29N3O3. The van der Waals surface area contributed by atoms with Crippen LogP contribution in [0.15, 0.2) is 28.8 Å². The fourth-order valence-electron chi connectivity index (χ4n) is 5.07. The predicted molar refractivity (Wildman–Crippen MR) is 113 cm³/mol. The summed E-state index contributed by atoms with van der Waals surface area (Å²) in [5.41, 5.74) is 3.48. The molecule has 30 heavy (non-hydrogen) atoms. The van der Waals surface area contributed by atoms with E-state index in [1.54, 1.807) is 6.07 Å². The smallest absolute Gasteiger partial charge is 0.276 e. The van der Waals surface area contributed by atoms with E-state index >= 15 is 0 Å². The van der Waals surface area contributed by atoms with Gasteiger partial charge in [0.15, 0.2) is 11.5 Å². The Hall–Kier alpha value is -2.63. The third kappa shape index (κ3) is 3.42. The number of nitrogens with zero attached hydrogens (tertiary/aromatic N) is 2. The molecule has 0 bridgehead atoms. The summed E-state index contributed by atoms with van der Waals surface area (Å²) in [5.74, 6) is 1.13. The summed E-state index contributed by atoms with van der Waals surface area (Å²) in [6.45, 7) is 5.97. The van der Waals surface area contributed by atoms with Crippen molar-refractivity contribution in [2.24, 2.45) is 17.3 Å². The van der Waals surface area contributed by atoms with E-state index in [1.165, 1.54) is 18.4 Å². The van der Waals surface area contributed by atoms with Gasteiger partial charge in [-0.3, -0.25) is 9.59 Å². The van der Waals surface area contributed by atoms with Crippen molar-refractivity contribution in [3.8, 4) is 11.3 Å². The summed E-state index contributed by atoms with van der Waals surface area (Å²) in [4.78, 5) is 27.8. The highest BCUT2D eigenvalue weighted by Gasteiger charge is 2.54. The lowest BCUT2D eigenvalue weighted by atomic mass is 9.62. The average Bonchev–Trinajstić information content (AvgIpc) is 3.23. The molecule has 1 spiro atoms. The lowest BCUT2D eigenvalue weighted by Gasteiger charge is -2.41. The van der Waals surface area contributed by atoms with Crippen molar-refractivity contribution in [3.05, 3.63) is 41.1 Å². The second-order valence-corrected chi connectivity index (χ2v) is 9.54. The lowest BCUT2D eigenvalue weighted by molar-refractivity contribution is -0.129. The van der Waals surface area contributed by atoms with Crippen molar-refractivity contribution in [2.75, 3.05) is 19.6 Å². The van der Waals surface area contributed by atoms with Gasteiger partial charge in [-0.05, 0) is 51.0 Å². The summed E-state index contributed by atoms with van der Waals surface area (Å²) in [6.07, 6.45) is 5.61. The Labute approximate surface area is 177 Å². The zero-order chi connectivity index (χ0) is 20.9. The lowest BCUT2D eigenvalue weighted by Crippen LogP contribution is -2.45. The number of aromatic nitrogens is 1. The van der Waals surface area contributed by atoms with Crippen molar-refractivity contribution in [2.45, 2.75) is 46.0 Å². The second kappa shape index (κ2) is 7.25. The van der Waals surface area contributed by atoms with Gasteiger partial charge in [0.1, 0.15) is 0 Å². The summed E-state index contributed by atoms with van der Waals surface area (Å²) < 4.78 is 5.51. The van der Waals surface area contributed by atoms with Gasteiger partial charge in [-0.1, -0.05) is 35.3 Å². The summed E-state index contributed by atoms with van der Waals surface area (Å²) in [7, 11) is 0. The van der Waals surface area contributed by atoms with Crippen LogP contribution in [0.2, 0.25) is 0 Å². The zero-order valence-corrected chi connectivity index (χ0v) is 17.7. The molecule has 2 amide bonds. The van der Waals surface area contributed by atoms with E-state index in [2.05, 4.69) is 16.5 Å². The van der Waals surface area contributed by atoms with Crippen LogP contribution in [0.3, 0.4) is 0 Å². The molecule has 1 saturated heterocycles. The number of hydrogen-bond donors (Lipinski definition) is 1. The van der Waals surface area contributed by atoms with E-state index in [4.69, 9.17) is 4.52 Å². The SMILES string of the molecule is Cc1ccc(-c2cc(C(=O)N3CC(C(=O)NCC4CC4)C4(CCC4)C3)no2)c(C)c1. The van der Waals surface area contributed by atoms with Gasteiger partial charge in [-0.2, -0.15) is 0 Å². The van der Waals surface area contributed by atoms with Crippen LogP contribution in [0, 0.1) is 31.1 Å².